The van der Waals surface area contributed by atoms with Crippen LogP contribution in [0.15, 0.2) is 102 Å². The Balaban J connectivity index is 1.24. The van der Waals surface area contributed by atoms with Gasteiger partial charge in [-0.05, 0) is 67.6 Å². The quantitative estimate of drug-likeness (QED) is 0.290. The number of hydrogen-bond donors (Lipinski definition) is 1. The molecule has 0 bridgehead atoms. The van der Waals surface area contributed by atoms with Gasteiger partial charge >= 0.3 is 0 Å². The zero-order valence-corrected chi connectivity index (χ0v) is 21.4. The van der Waals surface area contributed by atoms with Gasteiger partial charge in [0, 0.05) is 41.1 Å². The van der Waals surface area contributed by atoms with E-state index in [4.69, 9.17) is 4.74 Å². The number of aromatic nitrogens is 1. The number of rotatable bonds is 8. The molecule has 1 amide bonds. The van der Waals surface area contributed by atoms with Crippen LogP contribution in [0.1, 0.15) is 6.92 Å². The molecule has 0 fully saturated rings. The molecule has 4 aromatic carbocycles. The summed E-state index contributed by atoms with van der Waals surface area (Å²) in [5.41, 5.74) is 3.47. The third-order valence-corrected chi connectivity index (χ3v) is 8.14. The van der Waals surface area contributed by atoms with Crippen molar-refractivity contribution in [1.82, 2.24) is 4.57 Å². The van der Waals surface area contributed by atoms with Gasteiger partial charge in [-0.25, -0.2) is 8.42 Å². The van der Waals surface area contributed by atoms with Crippen LogP contribution in [-0.4, -0.2) is 32.5 Å². The van der Waals surface area contributed by atoms with Gasteiger partial charge in [0.15, 0.2) is 6.61 Å². The molecule has 5 aromatic rings. The molecule has 0 unspecified atom stereocenters. The van der Waals surface area contributed by atoms with Gasteiger partial charge in [-0.15, -0.1) is 0 Å². The van der Waals surface area contributed by atoms with Crippen LogP contribution < -0.4 is 14.4 Å². The van der Waals surface area contributed by atoms with Gasteiger partial charge in [0.2, 0.25) is 0 Å². The first-order chi connectivity index (χ1) is 17.9. The molecule has 0 saturated heterocycles. The van der Waals surface area contributed by atoms with Crippen molar-refractivity contribution in [3.63, 3.8) is 0 Å². The Morgan fingerprint density at radius 2 is 1.54 bits per heavy atom. The summed E-state index contributed by atoms with van der Waals surface area (Å²) in [6, 6.07) is 29.0. The predicted molar refractivity (Wildman–Crippen MR) is 148 cm³/mol. The lowest BCUT2D eigenvalue weighted by Gasteiger charge is -2.19. The monoisotopic (exact) mass is 513 g/mol. The molecule has 0 atom stereocenters. The minimum Gasteiger partial charge on any atom is -0.484 e. The normalized spacial score (nSPS) is 11.5. The number of anilines is 2. The minimum absolute atomic E-state index is 0.174. The molecule has 5 rings (SSSR count). The first kappa shape index (κ1) is 24.4. The summed E-state index contributed by atoms with van der Waals surface area (Å²) in [7, 11) is -2.17. The molecule has 0 aliphatic rings. The first-order valence-electron chi connectivity index (χ1n) is 12.0. The summed E-state index contributed by atoms with van der Waals surface area (Å²) in [5.74, 6) is 0.178. The SMILES string of the molecule is CCn1c2ccccc2c2cc(NC(=O)COc3ccc(N(C)S(=O)(=O)c4ccccc4)cc3)ccc21. The highest BCUT2D eigenvalue weighted by atomic mass is 32.2. The fourth-order valence-corrected chi connectivity index (χ4v) is 5.68. The summed E-state index contributed by atoms with van der Waals surface area (Å²) in [4.78, 5) is 12.8. The van der Waals surface area contributed by atoms with E-state index in [-0.39, 0.29) is 17.4 Å². The largest absolute Gasteiger partial charge is 0.484 e. The van der Waals surface area contributed by atoms with Gasteiger partial charge < -0.3 is 14.6 Å². The van der Waals surface area contributed by atoms with Crippen molar-refractivity contribution in [2.24, 2.45) is 0 Å². The summed E-state index contributed by atoms with van der Waals surface area (Å²) in [6.07, 6.45) is 0. The highest BCUT2D eigenvalue weighted by Crippen LogP contribution is 2.31. The van der Waals surface area contributed by atoms with Crippen LogP contribution in [0.2, 0.25) is 0 Å². The Bertz CT molecular complexity index is 1680. The third-order valence-electron chi connectivity index (χ3n) is 6.34. The highest BCUT2D eigenvalue weighted by Gasteiger charge is 2.21. The van der Waals surface area contributed by atoms with Crippen LogP contribution in [0.5, 0.6) is 5.75 Å². The molecule has 188 valence electrons. The van der Waals surface area contributed by atoms with Crippen molar-refractivity contribution in [3.8, 4) is 5.75 Å². The van der Waals surface area contributed by atoms with Gasteiger partial charge in [-0.3, -0.25) is 9.10 Å². The van der Waals surface area contributed by atoms with Crippen LogP contribution >= 0.6 is 0 Å². The fourth-order valence-electron chi connectivity index (χ4n) is 4.46. The number of nitrogens with zero attached hydrogens (tertiary/aromatic N) is 2. The molecule has 1 aromatic heterocycles. The molecule has 0 spiro atoms. The van der Waals surface area contributed by atoms with Crippen LogP contribution in [0.4, 0.5) is 11.4 Å². The molecule has 7 nitrogen and oxygen atoms in total. The van der Waals surface area contributed by atoms with E-state index < -0.39 is 10.0 Å². The van der Waals surface area contributed by atoms with E-state index >= 15 is 0 Å². The van der Waals surface area contributed by atoms with Crippen LogP contribution in [0, 0.1) is 0 Å². The fraction of sp³-hybridized carbons (Fsp3) is 0.138. The summed E-state index contributed by atoms with van der Waals surface area (Å²) in [6.45, 7) is 2.80. The predicted octanol–water partition coefficient (Wildman–Crippen LogP) is 5.66. The summed E-state index contributed by atoms with van der Waals surface area (Å²) < 4.78 is 34.7. The van der Waals surface area contributed by atoms with Crippen molar-refractivity contribution in [2.75, 3.05) is 23.3 Å². The third kappa shape index (κ3) is 4.75. The van der Waals surface area contributed by atoms with Crippen molar-refractivity contribution in [2.45, 2.75) is 18.4 Å². The van der Waals surface area contributed by atoms with Gasteiger partial charge in [0.1, 0.15) is 5.75 Å². The second-order valence-electron chi connectivity index (χ2n) is 8.61. The number of hydrogen-bond acceptors (Lipinski definition) is 4. The number of carbonyl (C=O) groups is 1. The molecule has 37 heavy (non-hydrogen) atoms. The number of fused-ring (bicyclic) bond motifs is 3. The average molecular weight is 514 g/mol. The van der Waals surface area contributed by atoms with Crippen molar-refractivity contribution in [3.05, 3.63) is 97.1 Å². The van der Waals surface area contributed by atoms with E-state index in [0.717, 1.165) is 28.4 Å². The Morgan fingerprint density at radius 1 is 0.865 bits per heavy atom. The molecule has 1 N–H and O–H groups in total. The topological polar surface area (TPSA) is 80.6 Å². The molecule has 8 heteroatoms. The van der Waals surface area contributed by atoms with Crippen molar-refractivity contribution >= 4 is 49.1 Å². The maximum atomic E-state index is 12.8. The Hall–Kier alpha value is -4.30. The minimum atomic E-state index is -3.67. The van der Waals surface area contributed by atoms with Crippen LogP contribution in [0.25, 0.3) is 21.8 Å². The smallest absolute Gasteiger partial charge is 0.264 e. The number of carbonyl (C=O) groups excluding carboxylic acids is 1. The standard InChI is InChI=1S/C29H27N3O4S/c1-3-32-27-12-8-7-11-25(27)26-19-21(13-18-28(26)32)30-29(33)20-36-23-16-14-22(15-17-23)31(2)37(34,35)24-9-5-4-6-10-24/h4-19H,3,20H2,1-2H3,(H,30,33). The number of amides is 1. The number of nitrogens with one attached hydrogen (secondary N) is 1. The van der Waals surface area contributed by atoms with E-state index in [0.29, 0.717) is 17.1 Å². The molecule has 0 saturated carbocycles. The van der Waals surface area contributed by atoms with Gasteiger partial charge in [-0.1, -0.05) is 36.4 Å². The molecule has 0 aliphatic heterocycles. The van der Waals surface area contributed by atoms with Gasteiger partial charge in [0.25, 0.3) is 15.9 Å². The van der Waals surface area contributed by atoms with Gasteiger partial charge in [-0.2, -0.15) is 0 Å². The number of para-hydroxylation sites is 1. The Kier molecular flexibility index (Phi) is 6.58. The molecule has 1 heterocycles. The van der Waals surface area contributed by atoms with E-state index in [2.05, 4.69) is 28.9 Å². The van der Waals surface area contributed by atoms with E-state index in [1.165, 1.54) is 11.4 Å². The highest BCUT2D eigenvalue weighted by molar-refractivity contribution is 7.92. The van der Waals surface area contributed by atoms with Crippen LogP contribution in [-0.2, 0) is 21.4 Å². The lowest BCUT2D eigenvalue weighted by Crippen LogP contribution is -2.26. The number of ether oxygens (including phenoxy) is 1. The van der Waals surface area contributed by atoms with E-state index in [1.54, 1.807) is 54.6 Å². The molecule has 0 radical (unpaired) electrons. The maximum absolute atomic E-state index is 12.8. The van der Waals surface area contributed by atoms with Crippen molar-refractivity contribution < 1.29 is 17.9 Å². The average Bonchev–Trinajstić information content (AvgIpc) is 3.25. The summed E-state index contributed by atoms with van der Waals surface area (Å²) >= 11 is 0. The van der Waals surface area contributed by atoms with E-state index in [9.17, 15) is 13.2 Å². The molecule has 0 aliphatic carbocycles. The zero-order chi connectivity index (χ0) is 26.0. The maximum Gasteiger partial charge on any atom is 0.264 e. The second kappa shape index (κ2) is 9.99. The number of sulfonamides is 1. The van der Waals surface area contributed by atoms with Crippen LogP contribution in [0.3, 0.4) is 0 Å². The lowest BCUT2D eigenvalue weighted by molar-refractivity contribution is -0.118. The first-order valence-corrected chi connectivity index (χ1v) is 13.4. The van der Waals surface area contributed by atoms with E-state index in [1.807, 2.05) is 30.3 Å². The number of benzene rings is 4. The van der Waals surface area contributed by atoms with Gasteiger partial charge in [0.05, 0.1) is 10.6 Å². The zero-order valence-electron chi connectivity index (χ0n) is 20.6. The second-order valence-corrected chi connectivity index (χ2v) is 10.6. The lowest BCUT2D eigenvalue weighted by atomic mass is 10.1. The number of aryl methyl sites for hydroxylation is 1. The van der Waals surface area contributed by atoms with Crippen molar-refractivity contribution in [1.29, 1.82) is 0 Å². The Morgan fingerprint density at radius 3 is 2.27 bits per heavy atom. The molecular formula is C29H27N3O4S. The Labute approximate surface area is 215 Å². The molecular weight excluding hydrogens is 486 g/mol. The summed E-state index contributed by atoms with van der Waals surface area (Å²) in [5, 5.41) is 5.13.